The second-order valence-corrected chi connectivity index (χ2v) is 7.04. The van der Waals surface area contributed by atoms with Crippen molar-refractivity contribution in [2.75, 3.05) is 5.32 Å². The summed E-state index contributed by atoms with van der Waals surface area (Å²) < 4.78 is 6.96. The number of carbonyl (C=O) groups excluding carboxylic acids is 1. The Labute approximate surface area is 137 Å². The molecule has 1 heterocycles. The van der Waals surface area contributed by atoms with Gasteiger partial charge < -0.3 is 19.9 Å². The van der Waals surface area contributed by atoms with Gasteiger partial charge in [-0.1, -0.05) is 0 Å². The predicted molar refractivity (Wildman–Crippen MR) is 90.8 cm³/mol. The van der Waals surface area contributed by atoms with E-state index < -0.39 is 5.60 Å². The van der Waals surface area contributed by atoms with Crippen LogP contribution < -0.4 is 16.2 Å². The number of alkyl carbamates (subject to hydrolysis) is 1. The average Bonchev–Trinajstić information content (AvgIpc) is 2.85. The first-order valence-electron chi connectivity index (χ1n) is 8.23. The summed E-state index contributed by atoms with van der Waals surface area (Å²) in [5.74, 6) is 0. The van der Waals surface area contributed by atoms with Crippen LogP contribution in [0.25, 0.3) is 0 Å². The minimum Gasteiger partial charge on any atom is -0.444 e. The van der Waals surface area contributed by atoms with Crippen LogP contribution in [0.5, 0.6) is 0 Å². The largest absolute Gasteiger partial charge is 0.444 e. The van der Waals surface area contributed by atoms with Gasteiger partial charge in [0, 0.05) is 30.9 Å². The maximum atomic E-state index is 11.8. The van der Waals surface area contributed by atoms with E-state index in [0.717, 1.165) is 24.9 Å². The summed E-state index contributed by atoms with van der Waals surface area (Å²) in [5, 5.41) is 6.37. The smallest absolute Gasteiger partial charge is 0.407 e. The lowest BCUT2D eigenvalue weighted by Gasteiger charge is -2.22. The van der Waals surface area contributed by atoms with Crippen LogP contribution in [0.2, 0.25) is 0 Å². The van der Waals surface area contributed by atoms with Crippen molar-refractivity contribution in [1.29, 1.82) is 0 Å². The third kappa shape index (κ3) is 5.30. The molecule has 0 saturated heterocycles. The van der Waals surface area contributed by atoms with Gasteiger partial charge in [-0.2, -0.15) is 0 Å². The highest BCUT2D eigenvalue weighted by Gasteiger charge is 2.27. The minimum absolute atomic E-state index is 0.00828. The molecule has 0 spiro atoms. The molecule has 0 bridgehead atoms. The van der Waals surface area contributed by atoms with Crippen molar-refractivity contribution < 1.29 is 9.53 Å². The SMILES string of the molecule is CCn1cc(NC2CCC(NC(=O)OC(C)(C)C)C2)ccc1=O. The fourth-order valence-electron chi connectivity index (χ4n) is 2.82. The van der Waals surface area contributed by atoms with E-state index >= 15 is 0 Å². The van der Waals surface area contributed by atoms with Crippen molar-refractivity contribution in [2.24, 2.45) is 0 Å². The molecule has 1 aromatic rings. The quantitative estimate of drug-likeness (QED) is 0.894. The van der Waals surface area contributed by atoms with Gasteiger partial charge in [-0.05, 0) is 53.0 Å². The molecule has 1 fully saturated rings. The summed E-state index contributed by atoms with van der Waals surface area (Å²) in [7, 11) is 0. The second-order valence-electron chi connectivity index (χ2n) is 7.04. The normalized spacial score (nSPS) is 21.0. The molecular weight excluding hydrogens is 294 g/mol. The lowest BCUT2D eigenvalue weighted by Crippen LogP contribution is -2.38. The highest BCUT2D eigenvalue weighted by atomic mass is 16.6. The number of nitrogens with one attached hydrogen (secondary N) is 2. The third-order valence-electron chi connectivity index (χ3n) is 3.85. The highest BCUT2D eigenvalue weighted by Crippen LogP contribution is 2.23. The first kappa shape index (κ1) is 17.4. The molecular formula is C17H27N3O3. The predicted octanol–water partition coefficient (Wildman–Crippen LogP) is 2.73. The zero-order valence-electron chi connectivity index (χ0n) is 14.4. The second kappa shape index (κ2) is 7.06. The summed E-state index contributed by atoms with van der Waals surface area (Å²) in [4.78, 5) is 23.4. The van der Waals surface area contributed by atoms with Crippen molar-refractivity contribution in [1.82, 2.24) is 9.88 Å². The van der Waals surface area contributed by atoms with Gasteiger partial charge in [0.15, 0.2) is 0 Å². The Kier molecular flexibility index (Phi) is 5.34. The number of amides is 1. The minimum atomic E-state index is -0.478. The number of hydrogen-bond donors (Lipinski definition) is 2. The molecule has 0 radical (unpaired) electrons. The fraction of sp³-hybridized carbons (Fsp3) is 0.647. The molecule has 1 aliphatic carbocycles. The summed E-state index contributed by atoms with van der Waals surface area (Å²) >= 11 is 0. The average molecular weight is 321 g/mol. The third-order valence-corrected chi connectivity index (χ3v) is 3.85. The van der Waals surface area contributed by atoms with Crippen LogP contribution >= 0.6 is 0 Å². The summed E-state index contributed by atoms with van der Waals surface area (Å²) in [6, 6.07) is 3.80. The Morgan fingerprint density at radius 3 is 2.65 bits per heavy atom. The molecule has 0 aliphatic heterocycles. The van der Waals surface area contributed by atoms with Crippen LogP contribution in [0.1, 0.15) is 47.0 Å². The Hall–Kier alpha value is -1.98. The lowest BCUT2D eigenvalue weighted by molar-refractivity contribution is 0.0505. The van der Waals surface area contributed by atoms with Gasteiger partial charge in [-0.3, -0.25) is 4.79 Å². The van der Waals surface area contributed by atoms with Crippen LogP contribution in [0.4, 0.5) is 10.5 Å². The number of carbonyl (C=O) groups is 1. The van der Waals surface area contributed by atoms with E-state index in [0.29, 0.717) is 6.54 Å². The Balaban J connectivity index is 1.86. The van der Waals surface area contributed by atoms with Gasteiger partial charge in [-0.15, -0.1) is 0 Å². The zero-order valence-corrected chi connectivity index (χ0v) is 14.4. The maximum absolute atomic E-state index is 11.8. The van der Waals surface area contributed by atoms with E-state index in [1.165, 1.54) is 0 Å². The van der Waals surface area contributed by atoms with Gasteiger partial charge in [0.25, 0.3) is 5.56 Å². The number of nitrogens with zero attached hydrogens (tertiary/aromatic N) is 1. The number of anilines is 1. The van der Waals surface area contributed by atoms with Crippen LogP contribution in [0.15, 0.2) is 23.1 Å². The molecule has 2 unspecified atom stereocenters. The molecule has 1 aromatic heterocycles. The standard InChI is InChI=1S/C17H27N3O3/c1-5-20-11-14(8-9-15(20)21)18-12-6-7-13(10-12)19-16(22)23-17(2,3)4/h8-9,11-13,18H,5-7,10H2,1-4H3,(H,19,22). The number of pyridine rings is 1. The summed E-state index contributed by atoms with van der Waals surface area (Å²) in [5.41, 5.74) is 0.470. The van der Waals surface area contributed by atoms with E-state index in [4.69, 9.17) is 4.74 Å². The van der Waals surface area contributed by atoms with Gasteiger partial charge in [-0.25, -0.2) is 4.79 Å². The first-order valence-corrected chi connectivity index (χ1v) is 8.23. The van der Waals surface area contributed by atoms with Gasteiger partial charge in [0.05, 0.1) is 5.69 Å². The molecule has 1 aliphatic rings. The maximum Gasteiger partial charge on any atom is 0.407 e. The van der Waals surface area contributed by atoms with E-state index in [9.17, 15) is 9.59 Å². The molecule has 1 amide bonds. The summed E-state index contributed by atoms with van der Waals surface area (Å²) in [6.45, 7) is 8.17. The van der Waals surface area contributed by atoms with E-state index in [1.807, 2.05) is 40.0 Å². The number of rotatable bonds is 4. The Morgan fingerprint density at radius 2 is 2.00 bits per heavy atom. The van der Waals surface area contributed by atoms with E-state index in [-0.39, 0.29) is 23.7 Å². The molecule has 128 valence electrons. The van der Waals surface area contributed by atoms with Crippen molar-refractivity contribution in [3.05, 3.63) is 28.7 Å². The Morgan fingerprint density at radius 1 is 1.30 bits per heavy atom. The van der Waals surface area contributed by atoms with Crippen molar-refractivity contribution in [3.63, 3.8) is 0 Å². The zero-order chi connectivity index (χ0) is 17.0. The van der Waals surface area contributed by atoms with Crippen LogP contribution in [0.3, 0.4) is 0 Å². The fourth-order valence-corrected chi connectivity index (χ4v) is 2.82. The highest BCUT2D eigenvalue weighted by molar-refractivity contribution is 5.68. The van der Waals surface area contributed by atoms with Crippen LogP contribution in [-0.4, -0.2) is 28.3 Å². The van der Waals surface area contributed by atoms with Crippen molar-refractivity contribution in [2.45, 2.75) is 71.2 Å². The number of hydrogen-bond acceptors (Lipinski definition) is 4. The number of ether oxygens (including phenoxy) is 1. The van der Waals surface area contributed by atoms with Gasteiger partial charge >= 0.3 is 6.09 Å². The van der Waals surface area contributed by atoms with Gasteiger partial charge in [0.1, 0.15) is 5.60 Å². The van der Waals surface area contributed by atoms with Crippen LogP contribution in [-0.2, 0) is 11.3 Å². The molecule has 2 N–H and O–H groups in total. The molecule has 6 nitrogen and oxygen atoms in total. The number of aromatic nitrogens is 1. The van der Waals surface area contributed by atoms with Crippen molar-refractivity contribution in [3.8, 4) is 0 Å². The molecule has 2 rings (SSSR count). The molecule has 6 heteroatoms. The van der Waals surface area contributed by atoms with E-state index in [2.05, 4.69) is 10.6 Å². The van der Waals surface area contributed by atoms with Crippen LogP contribution in [0, 0.1) is 0 Å². The summed E-state index contributed by atoms with van der Waals surface area (Å²) in [6.07, 6.45) is 4.24. The monoisotopic (exact) mass is 321 g/mol. The molecule has 0 aromatic carbocycles. The van der Waals surface area contributed by atoms with Crippen molar-refractivity contribution >= 4 is 11.8 Å². The van der Waals surface area contributed by atoms with Gasteiger partial charge in [0.2, 0.25) is 0 Å². The van der Waals surface area contributed by atoms with E-state index in [1.54, 1.807) is 10.6 Å². The topological polar surface area (TPSA) is 72.4 Å². The number of aryl methyl sites for hydroxylation is 1. The lowest BCUT2D eigenvalue weighted by atomic mass is 10.2. The first-order chi connectivity index (χ1) is 10.8. The molecule has 2 atom stereocenters. The Bertz CT molecular complexity index is 604. The molecule has 23 heavy (non-hydrogen) atoms. The molecule has 1 saturated carbocycles.